The number of carbonyl (C=O) groups excluding carboxylic acids is 2. The van der Waals surface area contributed by atoms with Crippen LogP contribution < -0.4 is 10.1 Å². The standard InChI is InChI=1S/C20H23FN2O3/c1-15(24)23(12-11-16-7-4-6-10-19(16)26-2)14-20(25)22-13-17-8-3-5-9-18(17)21/h3-10H,11-14H2,1-2H3,(H,22,25). The van der Waals surface area contributed by atoms with Gasteiger partial charge in [0.15, 0.2) is 0 Å². The molecule has 0 bridgehead atoms. The van der Waals surface area contributed by atoms with Gasteiger partial charge in [0.05, 0.1) is 13.7 Å². The molecule has 2 amide bonds. The second-order valence-electron chi connectivity index (χ2n) is 5.87. The van der Waals surface area contributed by atoms with Crippen LogP contribution in [0.3, 0.4) is 0 Å². The third-order valence-electron chi connectivity index (χ3n) is 4.06. The lowest BCUT2D eigenvalue weighted by Crippen LogP contribution is -2.40. The molecular weight excluding hydrogens is 335 g/mol. The maximum absolute atomic E-state index is 13.6. The third kappa shape index (κ3) is 5.58. The molecule has 0 aromatic heterocycles. The predicted octanol–water partition coefficient (Wildman–Crippen LogP) is 2.54. The van der Waals surface area contributed by atoms with Crippen LogP contribution in [0.25, 0.3) is 0 Å². The van der Waals surface area contributed by atoms with Crippen molar-refractivity contribution in [3.63, 3.8) is 0 Å². The molecule has 0 aliphatic heterocycles. The quantitative estimate of drug-likeness (QED) is 0.789. The van der Waals surface area contributed by atoms with Crippen LogP contribution in [0.2, 0.25) is 0 Å². The van der Waals surface area contributed by atoms with Gasteiger partial charge in [0, 0.05) is 25.6 Å². The Morgan fingerprint density at radius 1 is 1.08 bits per heavy atom. The summed E-state index contributed by atoms with van der Waals surface area (Å²) in [6.07, 6.45) is 0.574. The molecule has 0 unspecified atom stereocenters. The topological polar surface area (TPSA) is 58.6 Å². The molecule has 0 radical (unpaired) electrons. The highest BCUT2D eigenvalue weighted by Crippen LogP contribution is 2.18. The number of rotatable bonds is 8. The first kappa shape index (κ1) is 19.4. The number of hydrogen-bond acceptors (Lipinski definition) is 3. The van der Waals surface area contributed by atoms with Crippen molar-refractivity contribution in [1.29, 1.82) is 0 Å². The lowest BCUT2D eigenvalue weighted by Gasteiger charge is -2.21. The summed E-state index contributed by atoms with van der Waals surface area (Å²) in [4.78, 5) is 25.4. The van der Waals surface area contributed by atoms with Gasteiger partial charge in [0.1, 0.15) is 11.6 Å². The summed E-state index contributed by atoms with van der Waals surface area (Å²) >= 11 is 0. The monoisotopic (exact) mass is 358 g/mol. The summed E-state index contributed by atoms with van der Waals surface area (Å²) in [6, 6.07) is 13.8. The van der Waals surface area contributed by atoms with Crippen molar-refractivity contribution in [2.75, 3.05) is 20.2 Å². The minimum absolute atomic E-state index is 0.0705. The zero-order chi connectivity index (χ0) is 18.9. The molecule has 0 atom stereocenters. The minimum atomic E-state index is -0.368. The Morgan fingerprint density at radius 2 is 1.73 bits per heavy atom. The number of amides is 2. The molecule has 26 heavy (non-hydrogen) atoms. The number of halogens is 1. The SMILES string of the molecule is COc1ccccc1CCN(CC(=O)NCc1ccccc1F)C(C)=O. The molecule has 0 saturated carbocycles. The van der Waals surface area contributed by atoms with Crippen LogP contribution >= 0.6 is 0 Å². The van der Waals surface area contributed by atoms with E-state index in [-0.39, 0.29) is 30.7 Å². The Morgan fingerprint density at radius 3 is 2.38 bits per heavy atom. The normalized spacial score (nSPS) is 10.3. The number of nitrogens with one attached hydrogen (secondary N) is 1. The molecule has 6 heteroatoms. The first-order valence-corrected chi connectivity index (χ1v) is 8.38. The van der Waals surface area contributed by atoms with Gasteiger partial charge in [-0.2, -0.15) is 0 Å². The molecule has 0 heterocycles. The molecule has 1 N–H and O–H groups in total. The summed E-state index contributed by atoms with van der Waals surface area (Å²) in [5, 5.41) is 2.65. The average Bonchev–Trinajstić information content (AvgIpc) is 2.64. The first-order valence-electron chi connectivity index (χ1n) is 8.38. The van der Waals surface area contributed by atoms with Crippen molar-refractivity contribution < 1.29 is 18.7 Å². The third-order valence-corrected chi connectivity index (χ3v) is 4.06. The van der Waals surface area contributed by atoms with Crippen molar-refractivity contribution in [3.05, 3.63) is 65.5 Å². The zero-order valence-electron chi connectivity index (χ0n) is 15.0. The molecule has 0 aliphatic carbocycles. The number of methoxy groups -OCH3 is 1. The largest absolute Gasteiger partial charge is 0.496 e. The number of nitrogens with zero attached hydrogens (tertiary/aromatic N) is 1. The van der Waals surface area contributed by atoms with E-state index in [2.05, 4.69) is 5.32 Å². The van der Waals surface area contributed by atoms with Gasteiger partial charge in [0.25, 0.3) is 0 Å². The Hall–Kier alpha value is -2.89. The number of ether oxygens (including phenoxy) is 1. The Bertz CT molecular complexity index is 764. The van der Waals surface area contributed by atoms with Crippen LogP contribution in [-0.4, -0.2) is 36.9 Å². The van der Waals surface area contributed by atoms with Gasteiger partial charge >= 0.3 is 0 Å². The number of carbonyl (C=O) groups is 2. The van der Waals surface area contributed by atoms with Gasteiger partial charge < -0.3 is 15.0 Å². The van der Waals surface area contributed by atoms with Gasteiger partial charge in [-0.05, 0) is 24.1 Å². The summed E-state index contributed by atoms with van der Waals surface area (Å²) in [5.41, 5.74) is 1.37. The lowest BCUT2D eigenvalue weighted by molar-refractivity contribution is -0.134. The average molecular weight is 358 g/mol. The summed E-state index contributed by atoms with van der Waals surface area (Å²) in [5.74, 6) is -0.142. The minimum Gasteiger partial charge on any atom is -0.496 e. The highest BCUT2D eigenvalue weighted by molar-refractivity contribution is 5.83. The van der Waals surface area contributed by atoms with Crippen LogP contribution in [0.5, 0.6) is 5.75 Å². The number of hydrogen-bond donors (Lipinski definition) is 1. The highest BCUT2D eigenvalue weighted by atomic mass is 19.1. The maximum atomic E-state index is 13.6. The fourth-order valence-corrected chi connectivity index (χ4v) is 2.58. The number of para-hydroxylation sites is 1. The van der Waals surface area contributed by atoms with Crippen molar-refractivity contribution in [1.82, 2.24) is 10.2 Å². The maximum Gasteiger partial charge on any atom is 0.239 e. The predicted molar refractivity (Wildman–Crippen MR) is 97.2 cm³/mol. The van der Waals surface area contributed by atoms with E-state index in [1.807, 2.05) is 24.3 Å². The van der Waals surface area contributed by atoms with Gasteiger partial charge in [0.2, 0.25) is 11.8 Å². The molecule has 138 valence electrons. The van der Waals surface area contributed by atoms with Crippen molar-refractivity contribution >= 4 is 11.8 Å². The second kappa shape index (κ2) is 9.56. The van der Waals surface area contributed by atoms with Gasteiger partial charge in [-0.3, -0.25) is 9.59 Å². The summed E-state index contributed by atoms with van der Waals surface area (Å²) < 4.78 is 18.9. The fraction of sp³-hybridized carbons (Fsp3) is 0.300. The summed E-state index contributed by atoms with van der Waals surface area (Å²) in [7, 11) is 1.59. The molecule has 2 rings (SSSR count). The van der Waals surface area contributed by atoms with E-state index >= 15 is 0 Å². The van der Waals surface area contributed by atoms with Gasteiger partial charge in [-0.15, -0.1) is 0 Å². The second-order valence-corrected chi connectivity index (χ2v) is 5.87. The molecule has 5 nitrogen and oxygen atoms in total. The highest BCUT2D eigenvalue weighted by Gasteiger charge is 2.15. The summed E-state index contributed by atoms with van der Waals surface area (Å²) in [6.45, 7) is 1.83. The van der Waals surface area contributed by atoms with E-state index in [0.29, 0.717) is 18.5 Å². The van der Waals surface area contributed by atoms with E-state index in [1.165, 1.54) is 17.9 Å². The molecule has 0 fully saturated rings. The smallest absolute Gasteiger partial charge is 0.239 e. The van der Waals surface area contributed by atoms with Crippen LogP contribution in [-0.2, 0) is 22.6 Å². The molecule has 0 aliphatic rings. The van der Waals surface area contributed by atoms with Crippen LogP contribution in [0.1, 0.15) is 18.1 Å². The van der Waals surface area contributed by atoms with Crippen LogP contribution in [0, 0.1) is 5.82 Å². The van der Waals surface area contributed by atoms with Crippen molar-refractivity contribution in [3.8, 4) is 5.75 Å². The van der Waals surface area contributed by atoms with E-state index < -0.39 is 0 Å². The van der Waals surface area contributed by atoms with Gasteiger partial charge in [-0.25, -0.2) is 4.39 Å². The molecular formula is C20H23FN2O3. The molecule has 2 aromatic carbocycles. The van der Waals surface area contributed by atoms with Crippen molar-refractivity contribution in [2.45, 2.75) is 19.9 Å². The van der Waals surface area contributed by atoms with E-state index in [0.717, 1.165) is 11.3 Å². The first-order chi connectivity index (χ1) is 12.5. The van der Waals surface area contributed by atoms with Crippen LogP contribution in [0.4, 0.5) is 4.39 Å². The molecule has 2 aromatic rings. The molecule has 0 saturated heterocycles. The zero-order valence-corrected chi connectivity index (χ0v) is 15.0. The van der Waals surface area contributed by atoms with Crippen molar-refractivity contribution in [2.24, 2.45) is 0 Å². The molecule has 0 spiro atoms. The van der Waals surface area contributed by atoms with E-state index in [4.69, 9.17) is 4.74 Å². The number of benzene rings is 2. The Labute approximate surface area is 152 Å². The van der Waals surface area contributed by atoms with E-state index in [9.17, 15) is 14.0 Å². The lowest BCUT2D eigenvalue weighted by atomic mass is 10.1. The van der Waals surface area contributed by atoms with Crippen LogP contribution in [0.15, 0.2) is 48.5 Å². The Balaban J connectivity index is 1.90. The van der Waals surface area contributed by atoms with Gasteiger partial charge in [-0.1, -0.05) is 36.4 Å². The van der Waals surface area contributed by atoms with E-state index in [1.54, 1.807) is 25.3 Å². The Kier molecular flexibility index (Phi) is 7.14. The fourth-order valence-electron chi connectivity index (χ4n) is 2.58.